The molecule has 0 unspecified atom stereocenters. The predicted octanol–water partition coefficient (Wildman–Crippen LogP) is 4.78. The first-order chi connectivity index (χ1) is 9.52. The van der Waals surface area contributed by atoms with Crippen LogP contribution in [0.3, 0.4) is 0 Å². The molecule has 0 amide bonds. The number of hydrogen-bond acceptors (Lipinski definition) is 0. The third-order valence-corrected chi connectivity index (χ3v) is 3.24. The summed E-state index contributed by atoms with van der Waals surface area (Å²) in [5.41, 5.74) is 2.14. The van der Waals surface area contributed by atoms with Crippen LogP contribution in [0.15, 0.2) is 54.6 Å². The second kappa shape index (κ2) is 4.71. The number of alkyl halides is 3. The van der Waals surface area contributed by atoms with Crippen molar-refractivity contribution < 1.29 is 13.2 Å². The zero-order valence-corrected chi connectivity index (χ0v) is 10.5. The summed E-state index contributed by atoms with van der Waals surface area (Å²) in [6.45, 7) is 0. The molecule has 0 fully saturated rings. The first-order valence-corrected chi connectivity index (χ1v) is 6.25. The molecule has 0 atom stereocenters. The highest BCUT2D eigenvalue weighted by molar-refractivity contribution is 5.81. The number of hydrogen-bond donors (Lipinski definition) is 1. The van der Waals surface area contributed by atoms with Gasteiger partial charge in [0.2, 0.25) is 0 Å². The van der Waals surface area contributed by atoms with Crippen molar-refractivity contribution >= 4 is 10.9 Å². The maximum Gasteiger partial charge on any atom is 0.416 e. The Morgan fingerprint density at radius 1 is 0.900 bits per heavy atom. The minimum Gasteiger partial charge on any atom is -0.358 e. The maximum absolute atomic E-state index is 12.7. The van der Waals surface area contributed by atoms with Crippen LogP contribution in [0.5, 0.6) is 0 Å². The SMILES string of the molecule is FC(F)(F)c1ccc2[nH]c(Cc3ccccc3)cc2c1. The normalized spacial score (nSPS) is 11.9. The minimum absolute atomic E-state index is 0.589. The summed E-state index contributed by atoms with van der Waals surface area (Å²) in [7, 11) is 0. The lowest BCUT2D eigenvalue weighted by atomic mass is 10.1. The first kappa shape index (κ1) is 12.8. The lowest BCUT2D eigenvalue weighted by molar-refractivity contribution is -0.137. The summed E-state index contributed by atoms with van der Waals surface area (Å²) >= 11 is 0. The lowest BCUT2D eigenvalue weighted by Crippen LogP contribution is -2.03. The number of rotatable bonds is 2. The lowest BCUT2D eigenvalue weighted by Gasteiger charge is -2.05. The van der Waals surface area contributed by atoms with E-state index in [0.717, 1.165) is 22.8 Å². The summed E-state index contributed by atoms with van der Waals surface area (Å²) < 4.78 is 38.0. The zero-order valence-electron chi connectivity index (χ0n) is 10.5. The smallest absolute Gasteiger partial charge is 0.358 e. The summed E-state index contributed by atoms with van der Waals surface area (Å²) in [5, 5.41) is 0.589. The molecular weight excluding hydrogens is 263 g/mol. The van der Waals surface area contributed by atoms with Gasteiger partial charge in [-0.15, -0.1) is 0 Å². The van der Waals surface area contributed by atoms with Gasteiger partial charge in [0.15, 0.2) is 0 Å². The van der Waals surface area contributed by atoms with Crippen LogP contribution in [0, 0.1) is 0 Å². The topological polar surface area (TPSA) is 15.8 Å². The van der Waals surface area contributed by atoms with Crippen LogP contribution in [0.25, 0.3) is 10.9 Å². The van der Waals surface area contributed by atoms with Gasteiger partial charge in [-0.3, -0.25) is 0 Å². The van der Waals surface area contributed by atoms with E-state index in [0.29, 0.717) is 11.8 Å². The van der Waals surface area contributed by atoms with Gasteiger partial charge in [0, 0.05) is 23.0 Å². The number of benzene rings is 2. The molecule has 0 aliphatic rings. The molecule has 102 valence electrons. The van der Waals surface area contributed by atoms with E-state index in [2.05, 4.69) is 4.98 Å². The predicted molar refractivity (Wildman–Crippen MR) is 72.5 cm³/mol. The van der Waals surface area contributed by atoms with E-state index < -0.39 is 11.7 Å². The maximum atomic E-state index is 12.7. The summed E-state index contributed by atoms with van der Waals surface area (Å²) in [5.74, 6) is 0. The summed E-state index contributed by atoms with van der Waals surface area (Å²) in [6.07, 6.45) is -3.62. The van der Waals surface area contributed by atoms with Gasteiger partial charge < -0.3 is 4.98 Å². The van der Waals surface area contributed by atoms with E-state index in [1.54, 1.807) is 6.07 Å². The Morgan fingerprint density at radius 2 is 1.65 bits per heavy atom. The van der Waals surface area contributed by atoms with Crippen LogP contribution in [0.2, 0.25) is 0 Å². The van der Waals surface area contributed by atoms with E-state index in [4.69, 9.17) is 0 Å². The fraction of sp³-hybridized carbons (Fsp3) is 0.125. The standard InChI is InChI=1S/C16H12F3N/c17-16(18,19)13-6-7-15-12(9-13)10-14(20-15)8-11-4-2-1-3-5-11/h1-7,9-10,20H,8H2. The third kappa shape index (κ3) is 2.54. The van der Waals surface area contributed by atoms with Crippen molar-refractivity contribution in [2.45, 2.75) is 12.6 Å². The largest absolute Gasteiger partial charge is 0.416 e. The molecule has 20 heavy (non-hydrogen) atoms. The Kier molecular flexibility index (Phi) is 3.01. The monoisotopic (exact) mass is 275 g/mol. The van der Waals surface area contributed by atoms with Crippen molar-refractivity contribution in [1.29, 1.82) is 0 Å². The number of aromatic nitrogens is 1. The van der Waals surface area contributed by atoms with E-state index in [1.807, 2.05) is 30.3 Å². The second-order valence-electron chi connectivity index (χ2n) is 4.76. The molecule has 0 spiro atoms. The van der Waals surface area contributed by atoms with Crippen molar-refractivity contribution in [3.63, 3.8) is 0 Å². The Labute approximate surface area is 114 Å². The quantitative estimate of drug-likeness (QED) is 0.693. The van der Waals surface area contributed by atoms with Gasteiger partial charge in [-0.05, 0) is 29.8 Å². The summed E-state index contributed by atoms with van der Waals surface area (Å²) in [4.78, 5) is 3.16. The highest BCUT2D eigenvalue weighted by atomic mass is 19.4. The van der Waals surface area contributed by atoms with Crippen LogP contribution in [-0.2, 0) is 12.6 Å². The number of fused-ring (bicyclic) bond motifs is 1. The fourth-order valence-corrected chi connectivity index (χ4v) is 2.28. The number of aromatic amines is 1. The van der Waals surface area contributed by atoms with E-state index in [9.17, 15) is 13.2 Å². The molecule has 1 heterocycles. The van der Waals surface area contributed by atoms with Crippen molar-refractivity contribution in [3.05, 3.63) is 71.4 Å². The van der Waals surface area contributed by atoms with Crippen LogP contribution in [-0.4, -0.2) is 4.98 Å². The van der Waals surface area contributed by atoms with Gasteiger partial charge in [-0.25, -0.2) is 0 Å². The molecule has 3 aromatic rings. The van der Waals surface area contributed by atoms with E-state index in [1.165, 1.54) is 12.1 Å². The van der Waals surface area contributed by atoms with Gasteiger partial charge >= 0.3 is 6.18 Å². The number of nitrogens with one attached hydrogen (secondary N) is 1. The molecule has 0 saturated carbocycles. The van der Waals surface area contributed by atoms with Crippen molar-refractivity contribution in [2.75, 3.05) is 0 Å². The van der Waals surface area contributed by atoms with Gasteiger partial charge in [-0.1, -0.05) is 30.3 Å². The van der Waals surface area contributed by atoms with Crippen LogP contribution in [0.1, 0.15) is 16.8 Å². The van der Waals surface area contributed by atoms with Crippen LogP contribution >= 0.6 is 0 Å². The van der Waals surface area contributed by atoms with Gasteiger partial charge in [0.25, 0.3) is 0 Å². The average molecular weight is 275 g/mol. The molecule has 4 heteroatoms. The molecule has 1 nitrogen and oxygen atoms in total. The van der Waals surface area contributed by atoms with Gasteiger partial charge in [0.05, 0.1) is 5.56 Å². The van der Waals surface area contributed by atoms with E-state index in [-0.39, 0.29) is 0 Å². The third-order valence-electron chi connectivity index (χ3n) is 3.24. The van der Waals surface area contributed by atoms with E-state index >= 15 is 0 Å². The second-order valence-corrected chi connectivity index (χ2v) is 4.76. The molecule has 0 aliphatic heterocycles. The molecule has 2 aromatic carbocycles. The molecule has 0 bridgehead atoms. The van der Waals surface area contributed by atoms with Gasteiger partial charge in [0.1, 0.15) is 0 Å². The number of H-pyrrole nitrogens is 1. The minimum atomic E-state index is -4.30. The Hall–Kier alpha value is -2.23. The molecule has 0 saturated heterocycles. The molecular formula is C16H12F3N. The van der Waals surface area contributed by atoms with Crippen molar-refractivity contribution in [3.8, 4) is 0 Å². The Bertz CT molecular complexity index is 726. The van der Waals surface area contributed by atoms with Gasteiger partial charge in [-0.2, -0.15) is 13.2 Å². The van der Waals surface area contributed by atoms with Crippen molar-refractivity contribution in [2.24, 2.45) is 0 Å². The average Bonchev–Trinajstić information content (AvgIpc) is 2.80. The fourth-order valence-electron chi connectivity index (χ4n) is 2.28. The molecule has 0 aliphatic carbocycles. The van der Waals surface area contributed by atoms with Crippen LogP contribution in [0.4, 0.5) is 13.2 Å². The first-order valence-electron chi connectivity index (χ1n) is 6.25. The Morgan fingerprint density at radius 3 is 2.35 bits per heavy atom. The zero-order chi connectivity index (χ0) is 14.2. The molecule has 0 radical (unpaired) electrons. The molecule has 1 N–H and O–H groups in total. The van der Waals surface area contributed by atoms with Crippen molar-refractivity contribution in [1.82, 2.24) is 4.98 Å². The number of halogens is 3. The van der Waals surface area contributed by atoms with Crippen LogP contribution < -0.4 is 0 Å². The molecule has 3 rings (SSSR count). The Balaban J connectivity index is 1.95. The summed E-state index contributed by atoms with van der Waals surface area (Å²) in [6, 6.07) is 15.3. The highest BCUT2D eigenvalue weighted by Gasteiger charge is 2.30. The molecule has 1 aromatic heterocycles. The highest BCUT2D eigenvalue weighted by Crippen LogP contribution is 2.31.